The molecule has 1 aliphatic carbocycles. The Morgan fingerprint density at radius 2 is 2.00 bits per heavy atom. The van der Waals surface area contributed by atoms with Crippen LogP contribution >= 0.6 is 0 Å². The number of nitrogens with zero attached hydrogens (tertiary/aromatic N) is 1. The number of hydrogen-bond donors (Lipinski definition) is 3. The number of aliphatic hydroxyl groups is 1. The van der Waals surface area contributed by atoms with E-state index in [1.165, 1.54) is 11.1 Å². The van der Waals surface area contributed by atoms with Crippen molar-refractivity contribution in [2.24, 2.45) is 0 Å². The van der Waals surface area contributed by atoms with Gasteiger partial charge >= 0.3 is 0 Å². The second-order valence-corrected chi connectivity index (χ2v) is 4.06. The fraction of sp³-hybridized carbons (Fsp3) is 0.700. The summed E-state index contributed by atoms with van der Waals surface area (Å²) < 4.78 is 1.51. The van der Waals surface area contributed by atoms with Gasteiger partial charge in [-0.1, -0.05) is 19.3 Å². The molecule has 0 saturated heterocycles. The number of aliphatic hydroxyl groups excluding tert-OH is 1. The second kappa shape index (κ2) is 4.10. The largest absolute Gasteiger partial charge is 0.493 e. The highest BCUT2D eigenvalue weighted by Gasteiger charge is 2.21. The van der Waals surface area contributed by atoms with Crippen molar-refractivity contribution < 1.29 is 10.2 Å². The van der Waals surface area contributed by atoms with E-state index in [2.05, 4.69) is 5.10 Å². The van der Waals surface area contributed by atoms with Crippen LogP contribution in [0.15, 0.2) is 4.79 Å². The zero-order valence-corrected chi connectivity index (χ0v) is 8.57. The van der Waals surface area contributed by atoms with Gasteiger partial charge in [0.05, 0.1) is 12.6 Å². The Kier molecular flexibility index (Phi) is 2.81. The lowest BCUT2D eigenvalue weighted by atomic mass is 9.96. The maximum atomic E-state index is 11.3. The molecular weight excluding hydrogens is 196 g/mol. The predicted octanol–water partition coefficient (Wildman–Crippen LogP) is 0.879. The molecule has 84 valence electrons. The molecule has 1 aromatic rings. The number of aromatic amines is 1. The third-order valence-electron chi connectivity index (χ3n) is 3.09. The number of aromatic hydroxyl groups is 1. The van der Waals surface area contributed by atoms with Gasteiger partial charge in [-0.25, -0.2) is 0 Å². The maximum absolute atomic E-state index is 11.3. The summed E-state index contributed by atoms with van der Waals surface area (Å²) in [5.74, 6) is -0.102. The highest BCUT2D eigenvalue weighted by Crippen LogP contribution is 2.30. The number of aromatic nitrogens is 2. The van der Waals surface area contributed by atoms with Crippen molar-refractivity contribution in [1.82, 2.24) is 9.78 Å². The third kappa shape index (κ3) is 1.79. The van der Waals surface area contributed by atoms with Crippen LogP contribution in [0.5, 0.6) is 5.88 Å². The zero-order valence-electron chi connectivity index (χ0n) is 8.57. The fourth-order valence-corrected chi connectivity index (χ4v) is 2.22. The van der Waals surface area contributed by atoms with Gasteiger partial charge in [0, 0.05) is 0 Å². The van der Waals surface area contributed by atoms with Crippen molar-refractivity contribution in [3.63, 3.8) is 0 Å². The van der Waals surface area contributed by atoms with Gasteiger partial charge in [-0.15, -0.1) is 0 Å². The molecule has 15 heavy (non-hydrogen) atoms. The Hall–Kier alpha value is -1.23. The zero-order chi connectivity index (χ0) is 10.8. The summed E-state index contributed by atoms with van der Waals surface area (Å²) in [7, 11) is 0. The maximum Gasteiger partial charge on any atom is 0.273 e. The molecule has 1 heterocycles. The van der Waals surface area contributed by atoms with Crippen molar-refractivity contribution in [3.8, 4) is 5.88 Å². The van der Waals surface area contributed by atoms with E-state index < -0.39 is 6.61 Å². The van der Waals surface area contributed by atoms with Gasteiger partial charge in [0.2, 0.25) is 5.88 Å². The first-order valence-corrected chi connectivity index (χ1v) is 5.37. The lowest BCUT2D eigenvalue weighted by Crippen LogP contribution is -2.16. The number of rotatable bonds is 2. The van der Waals surface area contributed by atoms with Crippen LogP contribution in [0.2, 0.25) is 0 Å². The molecule has 0 aliphatic heterocycles. The Morgan fingerprint density at radius 1 is 1.33 bits per heavy atom. The summed E-state index contributed by atoms with van der Waals surface area (Å²) in [6, 6.07) is 0.173. The third-order valence-corrected chi connectivity index (χ3v) is 3.09. The number of hydrogen-bond acceptors (Lipinski definition) is 3. The van der Waals surface area contributed by atoms with Crippen LogP contribution in [-0.2, 0) is 6.61 Å². The molecule has 3 N–H and O–H groups in total. The minimum absolute atomic E-state index is 0.0700. The highest BCUT2D eigenvalue weighted by atomic mass is 16.3. The molecule has 0 radical (unpaired) electrons. The standard InChI is InChI=1S/C10H16N2O3/c13-6-8-9(14)11-12(10(8)15)7-4-2-1-3-5-7/h7,13,15H,1-6H2,(H,11,14). The molecule has 1 fully saturated rings. The van der Waals surface area contributed by atoms with Gasteiger partial charge in [-0.2, -0.15) is 0 Å². The van der Waals surface area contributed by atoms with Crippen molar-refractivity contribution in [3.05, 3.63) is 15.9 Å². The molecule has 1 saturated carbocycles. The minimum atomic E-state index is -0.416. The van der Waals surface area contributed by atoms with Crippen molar-refractivity contribution in [2.45, 2.75) is 44.8 Å². The monoisotopic (exact) mass is 212 g/mol. The molecule has 0 aromatic carbocycles. The van der Waals surface area contributed by atoms with Gasteiger partial charge in [0.15, 0.2) is 0 Å². The van der Waals surface area contributed by atoms with Crippen molar-refractivity contribution in [2.75, 3.05) is 0 Å². The van der Waals surface area contributed by atoms with Gasteiger partial charge in [0.1, 0.15) is 5.56 Å². The van der Waals surface area contributed by atoms with Gasteiger partial charge in [0.25, 0.3) is 5.56 Å². The van der Waals surface area contributed by atoms with Crippen LogP contribution in [0.1, 0.15) is 43.7 Å². The molecule has 1 aromatic heterocycles. The van der Waals surface area contributed by atoms with E-state index in [0.29, 0.717) is 0 Å². The quantitative estimate of drug-likeness (QED) is 0.681. The average molecular weight is 212 g/mol. The van der Waals surface area contributed by atoms with Crippen molar-refractivity contribution in [1.29, 1.82) is 0 Å². The summed E-state index contributed by atoms with van der Waals surface area (Å²) in [4.78, 5) is 11.3. The van der Waals surface area contributed by atoms with Crippen LogP contribution in [0.4, 0.5) is 0 Å². The summed E-state index contributed by atoms with van der Waals surface area (Å²) in [5.41, 5.74) is -0.318. The first kappa shape index (κ1) is 10.3. The second-order valence-electron chi connectivity index (χ2n) is 4.06. The molecule has 5 nitrogen and oxygen atoms in total. The fourth-order valence-electron chi connectivity index (χ4n) is 2.22. The van der Waals surface area contributed by atoms with Gasteiger partial charge in [-0.3, -0.25) is 14.6 Å². The first-order valence-electron chi connectivity index (χ1n) is 5.37. The Bertz CT molecular complexity index is 388. The van der Waals surface area contributed by atoms with Crippen molar-refractivity contribution >= 4 is 0 Å². The Labute approximate surface area is 87.3 Å². The van der Waals surface area contributed by atoms with E-state index in [0.717, 1.165) is 25.7 Å². The summed E-state index contributed by atoms with van der Waals surface area (Å²) >= 11 is 0. The molecular formula is C10H16N2O3. The average Bonchev–Trinajstić information content (AvgIpc) is 2.55. The molecule has 0 bridgehead atoms. The van der Waals surface area contributed by atoms with Crippen LogP contribution in [0.25, 0.3) is 0 Å². The van der Waals surface area contributed by atoms with Crippen LogP contribution in [0.3, 0.4) is 0 Å². The predicted molar refractivity (Wildman–Crippen MR) is 54.8 cm³/mol. The smallest absolute Gasteiger partial charge is 0.273 e. The lowest BCUT2D eigenvalue weighted by molar-refractivity contribution is 0.262. The molecule has 0 atom stereocenters. The molecule has 1 aliphatic rings. The summed E-state index contributed by atoms with van der Waals surface area (Å²) in [5, 5.41) is 21.2. The Balaban J connectivity index is 2.31. The lowest BCUT2D eigenvalue weighted by Gasteiger charge is -2.23. The molecule has 0 unspecified atom stereocenters. The van der Waals surface area contributed by atoms with Crippen LogP contribution < -0.4 is 5.56 Å². The topological polar surface area (TPSA) is 78.2 Å². The minimum Gasteiger partial charge on any atom is -0.493 e. The van der Waals surface area contributed by atoms with E-state index in [4.69, 9.17) is 5.11 Å². The Morgan fingerprint density at radius 3 is 2.53 bits per heavy atom. The van der Waals surface area contributed by atoms with E-state index in [1.54, 1.807) is 0 Å². The van der Waals surface area contributed by atoms with E-state index >= 15 is 0 Å². The van der Waals surface area contributed by atoms with Gasteiger partial charge < -0.3 is 10.2 Å². The van der Waals surface area contributed by atoms with E-state index in [-0.39, 0.29) is 23.0 Å². The molecule has 5 heteroatoms. The van der Waals surface area contributed by atoms with Crippen LogP contribution in [0, 0.1) is 0 Å². The van der Waals surface area contributed by atoms with Crippen LogP contribution in [-0.4, -0.2) is 20.0 Å². The normalized spacial score (nSPS) is 18.2. The SMILES string of the molecule is O=c1[nH]n(C2CCCCC2)c(O)c1CO. The van der Waals surface area contributed by atoms with E-state index in [9.17, 15) is 9.90 Å². The summed E-state index contributed by atoms with van der Waals surface area (Å²) in [6.45, 7) is -0.416. The number of nitrogens with one attached hydrogen (secondary N) is 1. The molecule has 2 rings (SSSR count). The first-order chi connectivity index (χ1) is 7.24. The molecule has 0 spiro atoms. The highest BCUT2D eigenvalue weighted by molar-refractivity contribution is 5.22. The molecule has 0 amide bonds. The summed E-state index contributed by atoms with van der Waals surface area (Å²) in [6.07, 6.45) is 5.42. The number of H-pyrrole nitrogens is 1. The van der Waals surface area contributed by atoms with Gasteiger partial charge in [-0.05, 0) is 12.8 Å². The van der Waals surface area contributed by atoms with E-state index in [1.807, 2.05) is 0 Å².